The van der Waals surface area contributed by atoms with E-state index in [9.17, 15) is 4.79 Å². The third-order valence-electron chi connectivity index (χ3n) is 3.62. The second-order valence-electron chi connectivity index (χ2n) is 4.69. The lowest BCUT2D eigenvalue weighted by molar-refractivity contribution is -0.103. The van der Waals surface area contributed by atoms with E-state index >= 15 is 0 Å². The Bertz CT molecular complexity index is 532. The van der Waals surface area contributed by atoms with Gasteiger partial charge in [0.05, 0.1) is 21.3 Å². The lowest BCUT2D eigenvalue weighted by Gasteiger charge is -2.21. The standard InChI is InChI=1S/C16H20O4/c1-18-14-9-13-11(10-17)7-5-4-6-8-12(13)15(19-2)16(14)20-3/h7,9-10H,4-6,8H2,1-3H3. The van der Waals surface area contributed by atoms with Gasteiger partial charge in [-0.15, -0.1) is 0 Å². The monoisotopic (exact) mass is 276 g/mol. The van der Waals surface area contributed by atoms with Gasteiger partial charge in [-0.25, -0.2) is 0 Å². The van der Waals surface area contributed by atoms with Crippen molar-refractivity contribution in [2.45, 2.75) is 25.7 Å². The molecule has 0 saturated heterocycles. The van der Waals surface area contributed by atoms with Gasteiger partial charge in [0.1, 0.15) is 6.29 Å². The second kappa shape index (κ2) is 6.46. The first kappa shape index (κ1) is 14.4. The summed E-state index contributed by atoms with van der Waals surface area (Å²) in [5, 5.41) is 0. The Labute approximate surface area is 119 Å². The summed E-state index contributed by atoms with van der Waals surface area (Å²) in [6, 6.07) is 1.86. The second-order valence-corrected chi connectivity index (χ2v) is 4.69. The number of allylic oxidation sites excluding steroid dienone is 2. The minimum Gasteiger partial charge on any atom is -0.493 e. The molecule has 1 aromatic carbocycles. The molecule has 0 unspecified atom stereocenters. The number of ether oxygens (including phenoxy) is 3. The van der Waals surface area contributed by atoms with Gasteiger partial charge in [-0.3, -0.25) is 4.79 Å². The maximum Gasteiger partial charge on any atom is 0.203 e. The molecule has 0 N–H and O–H groups in total. The molecule has 0 atom stereocenters. The first-order valence-electron chi connectivity index (χ1n) is 6.74. The quantitative estimate of drug-likeness (QED) is 0.793. The van der Waals surface area contributed by atoms with Crippen LogP contribution in [-0.2, 0) is 11.2 Å². The van der Waals surface area contributed by atoms with Crippen molar-refractivity contribution in [1.29, 1.82) is 0 Å². The molecular formula is C16H20O4. The summed E-state index contributed by atoms with van der Waals surface area (Å²) >= 11 is 0. The van der Waals surface area contributed by atoms with E-state index in [2.05, 4.69) is 0 Å². The van der Waals surface area contributed by atoms with Crippen LogP contribution in [0.15, 0.2) is 12.1 Å². The molecule has 0 aromatic heterocycles. The molecule has 1 aromatic rings. The molecule has 0 aliphatic heterocycles. The van der Waals surface area contributed by atoms with Crippen LogP contribution < -0.4 is 14.2 Å². The summed E-state index contributed by atoms with van der Waals surface area (Å²) in [5.74, 6) is 1.83. The molecular weight excluding hydrogens is 256 g/mol. The smallest absolute Gasteiger partial charge is 0.203 e. The molecule has 1 aliphatic carbocycles. The van der Waals surface area contributed by atoms with Crippen LogP contribution in [-0.4, -0.2) is 27.6 Å². The fourth-order valence-corrected chi connectivity index (χ4v) is 2.65. The van der Waals surface area contributed by atoms with Crippen LogP contribution in [0.3, 0.4) is 0 Å². The number of carbonyl (C=O) groups excluding carboxylic acids is 1. The highest BCUT2D eigenvalue weighted by Crippen LogP contribution is 2.44. The van der Waals surface area contributed by atoms with Crippen molar-refractivity contribution >= 4 is 11.9 Å². The van der Waals surface area contributed by atoms with E-state index in [1.807, 2.05) is 12.1 Å². The largest absolute Gasteiger partial charge is 0.493 e. The topological polar surface area (TPSA) is 44.8 Å². The lowest BCUT2D eigenvalue weighted by atomic mass is 9.91. The number of fused-ring (bicyclic) bond motifs is 1. The Hall–Kier alpha value is -1.97. The van der Waals surface area contributed by atoms with Crippen LogP contribution in [0.5, 0.6) is 17.2 Å². The molecule has 108 valence electrons. The molecule has 0 saturated carbocycles. The third-order valence-corrected chi connectivity index (χ3v) is 3.62. The van der Waals surface area contributed by atoms with Crippen LogP contribution in [0.4, 0.5) is 0 Å². The van der Waals surface area contributed by atoms with E-state index in [-0.39, 0.29) is 0 Å². The molecule has 0 bridgehead atoms. The molecule has 4 heteroatoms. The van der Waals surface area contributed by atoms with Gasteiger partial charge in [0.25, 0.3) is 0 Å². The first-order valence-corrected chi connectivity index (χ1v) is 6.74. The van der Waals surface area contributed by atoms with Gasteiger partial charge in [-0.2, -0.15) is 0 Å². The van der Waals surface area contributed by atoms with Gasteiger partial charge < -0.3 is 14.2 Å². The Morgan fingerprint density at radius 1 is 1.05 bits per heavy atom. The van der Waals surface area contributed by atoms with Crippen molar-refractivity contribution in [2.24, 2.45) is 0 Å². The number of benzene rings is 1. The minimum absolute atomic E-state index is 0.580. The fourth-order valence-electron chi connectivity index (χ4n) is 2.65. The van der Waals surface area contributed by atoms with E-state index in [1.165, 1.54) is 0 Å². The number of hydrogen-bond donors (Lipinski definition) is 0. The van der Waals surface area contributed by atoms with Gasteiger partial charge in [0.15, 0.2) is 11.5 Å². The summed E-state index contributed by atoms with van der Waals surface area (Å²) in [4.78, 5) is 11.4. The van der Waals surface area contributed by atoms with E-state index < -0.39 is 0 Å². The van der Waals surface area contributed by atoms with Gasteiger partial charge in [0, 0.05) is 11.1 Å². The van der Waals surface area contributed by atoms with Gasteiger partial charge in [-0.05, 0) is 37.3 Å². The van der Waals surface area contributed by atoms with Crippen LogP contribution >= 0.6 is 0 Å². The molecule has 0 amide bonds. The van der Waals surface area contributed by atoms with E-state index in [1.54, 1.807) is 21.3 Å². The zero-order valence-corrected chi connectivity index (χ0v) is 12.2. The van der Waals surface area contributed by atoms with Gasteiger partial charge in [0.2, 0.25) is 5.75 Å². The van der Waals surface area contributed by atoms with Crippen molar-refractivity contribution in [2.75, 3.05) is 21.3 Å². The van der Waals surface area contributed by atoms with Crippen LogP contribution in [0.1, 0.15) is 30.4 Å². The summed E-state index contributed by atoms with van der Waals surface area (Å²) in [6.45, 7) is 0. The highest BCUT2D eigenvalue weighted by Gasteiger charge is 2.22. The van der Waals surface area contributed by atoms with Gasteiger partial charge >= 0.3 is 0 Å². The summed E-state index contributed by atoms with van der Waals surface area (Å²) in [6.07, 6.45) is 6.79. The number of aldehydes is 1. The highest BCUT2D eigenvalue weighted by molar-refractivity contribution is 6.08. The molecule has 0 heterocycles. The van der Waals surface area contributed by atoms with Crippen LogP contribution in [0.25, 0.3) is 5.57 Å². The zero-order valence-electron chi connectivity index (χ0n) is 12.2. The molecule has 0 spiro atoms. The molecule has 1 aliphatic rings. The Morgan fingerprint density at radius 2 is 1.80 bits per heavy atom. The molecule has 20 heavy (non-hydrogen) atoms. The fraction of sp³-hybridized carbons (Fsp3) is 0.438. The zero-order chi connectivity index (χ0) is 14.5. The van der Waals surface area contributed by atoms with Crippen LogP contribution in [0, 0.1) is 0 Å². The maximum absolute atomic E-state index is 11.4. The summed E-state index contributed by atoms with van der Waals surface area (Å²) in [5.41, 5.74) is 2.59. The molecule has 4 nitrogen and oxygen atoms in total. The van der Waals surface area contributed by atoms with E-state index in [4.69, 9.17) is 14.2 Å². The minimum atomic E-state index is 0.580. The normalized spacial score (nSPS) is 14.4. The van der Waals surface area contributed by atoms with Crippen molar-refractivity contribution in [3.63, 3.8) is 0 Å². The van der Waals surface area contributed by atoms with Crippen LogP contribution in [0.2, 0.25) is 0 Å². The average Bonchev–Trinajstić information content (AvgIpc) is 2.46. The molecule has 0 radical (unpaired) electrons. The van der Waals surface area contributed by atoms with E-state index in [0.29, 0.717) is 22.8 Å². The third kappa shape index (κ3) is 2.50. The Kier molecular flexibility index (Phi) is 4.66. The molecule has 2 rings (SSSR count). The predicted octanol–water partition coefficient (Wildman–Crippen LogP) is 3.02. The first-order chi connectivity index (χ1) is 9.76. The van der Waals surface area contributed by atoms with Crippen molar-refractivity contribution in [3.8, 4) is 17.2 Å². The number of rotatable bonds is 4. The van der Waals surface area contributed by atoms with Crippen molar-refractivity contribution in [3.05, 3.63) is 23.3 Å². The number of carbonyl (C=O) groups is 1. The van der Waals surface area contributed by atoms with E-state index in [0.717, 1.165) is 43.1 Å². The van der Waals surface area contributed by atoms with Gasteiger partial charge in [-0.1, -0.05) is 6.08 Å². The highest BCUT2D eigenvalue weighted by atomic mass is 16.5. The average molecular weight is 276 g/mol. The number of methoxy groups -OCH3 is 3. The predicted molar refractivity (Wildman–Crippen MR) is 77.7 cm³/mol. The lowest BCUT2D eigenvalue weighted by Crippen LogP contribution is -2.05. The SMILES string of the molecule is COc1cc2c(c(OC)c1OC)CCCCC=C2C=O. The molecule has 0 fully saturated rings. The maximum atomic E-state index is 11.4. The van der Waals surface area contributed by atoms with Crippen molar-refractivity contribution in [1.82, 2.24) is 0 Å². The Morgan fingerprint density at radius 3 is 2.40 bits per heavy atom. The van der Waals surface area contributed by atoms with Crippen molar-refractivity contribution < 1.29 is 19.0 Å². The summed E-state index contributed by atoms with van der Waals surface area (Å²) in [7, 11) is 4.78. The number of hydrogen-bond acceptors (Lipinski definition) is 4. The summed E-state index contributed by atoms with van der Waals surface area (Å²) < 4.78 is 16.3. The Balaban J connectivity index is 2.73.